The molecule has 2 heterocycles. The van der Waals surface area contributed by atoms with E-state index >= 15 is 0 Å². The van der Waals surface area contributed by atoms with Gasteiger partial charge in [-0.1, -0.05) is 11.6 Å². The average molecular weight is 307 g/mol. The van der Waals surface area contributed by atoms with E-state index in [1.54, 1.807) is 11.9 Å². The number of halogens is 1. The van der Waals surface area contributed by atoms with E-state index in [1.165, 1.54) is 0 Å². The minimum absolute atomic E-state index is 0.648. The Labute approximate surface area is 127 Å². The first kappa shape index (κ1) is 13.7. The quantitative estimate of drug-likeness (QED) is 0.638. The number of benzene rings is 1. The molecule has 0 radical (unpaired) electrons. The Kier molecular flexibility index (Phi) is 4.16. The van der Waals surface area contributed by atoms with Crippen molar-refractivity contribution in [2.75, 3.05) is 13.1 Å². The minimum Gasteiger partial charge on any atom is -0.317 e. The van der Waals surface area contributed by atoms with Crippen molar-refractivity contribution in [2.24, 2.45) is 0 Å². The topological polar surface area (TPSA) is 44.9 Å². The van der Waals surface area contributed by atoms with Crippen LogP contribution in [0.4, 0.5) is 0 Å². The number of hydrogen-bond donors (Lipinski definition) is 0. The van der Waals surface area contributed by atoms with E-state index in [9.17, 15) is 0 Å². The first-order valence-corrected chi connectivity index (χ1v) is 7.89. The largest absolute Gasteiger partial charge is 0.317 e. The van der Waals surface area contributed by atoms with Gasteiger partial charge in [0, 0.05) is 31.1 Å². The van der Waals surface area contributed by atoms with Crippen LogP contribution < -0.4 is 0 Å². The molecule has 0 amide bonds. The molecule has 0 N–H and O–H groups in total. The molecule has 0 fully saturated rings. The van der Waals surface area contributed by atoms with Crippen LogP contribution in [0.25, 0.3) is 11.0 Å². The molecule has 6 heteroatoms. The van der Waals surface area contributed by atoms with Gasteiger partial charge in [-0.2, -0.15) is 5.26 Å². The summed E-state index contributed by atoms with van der Waals surface area (Å²) >= 11 is 7.72. The maximum absolute atomic E-state index is 8.54. The van der Waals surface area contributed by atoms with Gasteiger partial charge >= 0.3 is 0 Å². The van der Waals surface area contributed by atoms with Crippen molar-refractivity contribution in [1.82, 2.24) is 13.9 Å². The molecule has 1 aliphatic rings. The second-order valence-corrected chi connectivity index (χ2v) is 6.32. The van der Waals surface area contributed by atoms with Crippen molar-refractivity contribution in [3.05, 3.63) is 23.2 Å². The van der Waals surface area contributed by atoms with Gasteiger partial charge in [0.05, 0.1) is 17.1 Å². The third-order valence-corrected chi connectivity index (χ3v) is 4.74. The summed E-state index contributed by atoms with van der Waals surface area (Å²) < 4.78 is 4.59. The van der Waals surface area contributed by atoms with E-state index in [0.717, 1.165) is 53.7 Å². The molecular weight excluding hydrogens is 292 g/mol. The fraction of sp³-hybridized carbons (Fsp3) is 0.429. The molecule has 104 valence electrons. The van der Waals surface area contributed by atoms with E-state index in [-0.39, 0.29) is 0 Å². The maximum Gasteiger partial charge on any atom is 0.184 e. The van der Waals surface area contributed by atoms with Gasteiger partial charge < -0.3 is 4.57 Å². The van der Waals surface area contributed by atoms with Crippen molar-refractivity contribution >= 4 is 34.6 Å². The van der Waals surface area contributed by atoms with Crippen molar-refractivity contribution in [1.29, 1.82) is 5.26 Å². The summed E-state index contributed by atoms with van der Waals surface area (Å²) in [6.45, 7) is 2.98. The summed E-state index contributed by atoms with van der Waals surface area (Å²) in [7, 11) is 0. The molecule has 1 aromatic heterocycles. The SMILES string of the molecule is N#CCCCCN1CCn2c(nc3cc(Cl)ccc32)S1. The Bertz CT molecular complexity index is 661. The van der Waals surface area contributed by atoms with Crippen LogP contribution in [0.5, 0.6) is 0 Å². The van der Waals surface area contributed by atoms with E-state index in [2.05, 4.69) is 19.9 Å². The van der Waals surface area contributed by atoms with Gasteiger partial charge in [0.2, 0.25) is 0 Å². The van der Waals surface area contributed by atoms with Crippen LogP contribution in [-0.4, -0.2) is 26.9 Å². The van der Waals surface area contributed by atoms with Crippen molar-refractivity contribution in [3.8, 4) is 6.07 Å². The fourth-order valence-corrected chi connectivity index (χ4v) is 3.61. The van der Waals surface area contributed by atoms with Gasteiger partial charge in [-0.15, -0.1) is 0 Å². The van der Waals surface area contributed by atoms with E-state index in [1.807, 2.05) is 18.2 Å². The predicted molar refractivity (Wildman–Crippen MR) is 81.6 cm³/mol. The number of imidazole rings is 1. The Balaban J connectivity index is 1.72. The van der Waals surface area contributed by atoms with Gasteiger partial charge in [0.25, 0.3) is 0 Å². The van der Waals surface area contributed by atoms with Crippen molar-refractivity contribution < 1.29 is 0 Å². The van der Waals surface area contributed by atoms with E-state index in [4.69, 9.17) is 16.9 Å². The van der Waals surface area contributed by atoms with Crippen LogP contribution in [0.3, 0.4) is 0 Å². The molecule has 0 spiro atoms. The lowest BCUT2D eigenvalue weighted by Crippen LogP contribution is -2.27. The number of hydrogen-bond acceptors (Lipinski definition) is 4. The standard InChI is InChI=1S/C14H15ClN4S/c15-11-4-5-13-12(10-11)17-14-19(13)9-8-18(20-14)7-3-1-2-6-16/h4-5,10H,1-3,7-9H2. The first-order chi connectivity index (χ1) is 9.78. The molecule has 20 heavy (non-hydrogen) atoms. The molecular formula is C14H15ClN4S. The van der Waals surface area contributed by atoms with Crippen LogP contribution >= 0.6 is 23.5 Å². The Morgan fingerprint density at radius 2 is 2.25 bits per heavy atom. The molecule has 0 bridgehead atoms. The number of nitrogens with zero attached hydrogens (tertiary/aromatic N) is 4. The van der Waals surface area contributed by atoms with Gasteiger partial charge in [-0.3, -0.25) is 0 Å². The summed E-state index contributed by atoms with van der Waals surface area (Å²) in [6.07, 6.45) is 2.68. The molecule has 1 aliphatic heterocycles. The highest BCUT2D eigenvalue weighted by Crippen LogP contribution is 2.31. The minimum atomic E-state index is 0.648. The van der Waals surface area contributed by atoms with Crippen LogP contribution in [0, 0.1) is 11.3 Å². The lowest BCUT2D eigenvalue weighted by atomic mass is 10.2. The zero-order valence-electron chi connectivity index (χ0n) is 11.0. The monoisotopic (exact) mass is 306 g/mol. The normalized spacial score (nSPS) is 15.2. The van der Waals surface area contributed by atoms with Gasteiger partial charge in [-0.25, -0.2) is 9.29 Å². The smallest absolute Gasteiger partial charge is 0.184 e. The lowest BCUT2D eigenvalue weighted by molar-refractivity contribution is 0.399. The molecule has 0 atom stereocenters. The Morgan fingerprint density at radius 1 is 1.35 bits per heavy atom. The molecule has 0 unspecified atom stereocenters. The molecule has 0 aliphatic carbocycles. The first-order valence-electron chi connectivity index (χ1n) is 6.73. The second kappa shape index (κ2) is 6.04. The second-order valence-electron chi connectivity index (χ2n) is 4.81. The highest BCUT2D eigenvalue weighted by Gasteiger charge is 2.20. The van der Waals surface area contributed by atoms with E-state index in [0.29, 0.717) is 6.42 Å². The lowest BCUT2D eigenvalue weighted by Gasteiger charge is -2.26. The molecule has 0 saturated heterocycles. The van der Waals surface area contributed by atoms with Crippen molar-refractivity contribution in [3.63, 3.8) is 0 Å². The number of unbranched alkanes of at least 4 members (excludes halogenated alkanes) is 2. The third kappa shape index (κ3) is 2.78. The van der Waals surface area contributed by atoms with Crippen LogP contribution in [-0.2, 0) is 6.54 Å². The zero-order chi connectivity index (χ0) is 13.9. The summed E-state index contributed by atoms with van der Waals surface area (Å²) in [5.41, 5.74) is 2.12. The van der Waals surface area contributed by atoms with E-state index < -0.39 is 0 Å². The molecule has 3 rings (SSSR count). The highest BCUT2D eigenvalue weighted by molar-refractivity contribution is 7.96. The summed E-state index contributed by atoms with van der Waals surface area (Å²) in [5, 5.41) is 10.3. The highest BCUT2D eigenvalue weighted by atomic mass is 35.5. The van der Waals surface area contributed by atoms with Gasteiger partial charge in [0.1, 0.15) is 0 Å². The Hall–Kier alpha value is -1.22. The number of nitriles is 1. The summed E-state index contributed by atoms with van der Waals surface area (Å²) in [5.74, 6) is 0. The fourth-order valence-electron chi connectivity index (χ4n) is 2.39. The number of fused-ring (bicyclic) bond motifs is 3. The zero-order valence-corrected chi connectivity index (χ0v) is 12.6. The summed E-state index contributed by atoms with van der Waals surface area (Å²) in [6, 6.07) is 8.06. The summed E-state index contributed by atoms with van der Waals surface area (Å²) in [4.78, 5) is 4.66. The Morgan fingerprint density at radius 3 is 3.10 bits per heavy atom. The molecule has 2 aromatic rings. The van der Waals surface area contributed by atoms with Crippen LogP contribution in [0.1, 0.15) is 19.3 Å². The molecule has 1 aromatic carbocycles. The third-order valence-electron chi connectivity index (χ3n) is 3.41. The number of rotatable bonds is 4. The average Bonchev–Trinajstić information content (AvgIpc) is 2.80. The molecule has 0 saturated carbocycles. The van der Waals surface area contributed by atoms with Crippen LogP contribution in [0.15, 0.2) is 23.4 Å². The van der Waals surface area contributed by atoms with Crippen molar-refractivity contribution in [2.45, 2.75) is 31.0 Å². The van der Waals surface area contributed by atoms with Gasteiger partial charge in [0.15, 0.2) is 5.16 Å². The maximum atomic E-state index is 8.54. The van der Waals surface area contributed by atoms with Gasteiger partial charge in [-0.05, 0) is 43.0 Å². The van der Waals surface area contributed by atoms with Crippen LogP contribution in [0.2, 0.25) is 5.02 Å². The number of aromatic nitrogens is 2. The predicted octanol–water partition coefficient (Wildman–Crippen LogP) is 3.71. The molecule has 4 nitrogen and oxygen atoms in total.